The predicted octanol–water partition coefficient (Wildman–Crippen LogP) is 2.71. The number of carbonyl (C=O) groups excluding carboxylic acids is 1. The van der Waals surface area contributed by atoms with Crippen molar-refractivity contribution in [1.29, 1.82) is 0 Å². The van der Waals surface area contributed by atoms with E-state index in [2.05, 4.69) is 0 Å². The molecule has 1 aromatic carbocycles. The third-order valence-corrected chi connectivity index (χ3v) is 3.35. The average Bonchev–Trinajstić information content (AvgIpc) is 2.86. The molecule has 2 aromatic rings. The number of benzene rings is 1. The first-order valence-electron chi connectivity index (χ1n) is 6.75. The molecule has 0 bridgehead atoms. The van der Waals surface area contributed by atoms with E-state index in [0.29, 0.717) is 5.76 Å². The number of carboxylic acids is 1. The molecule has 0 fully saturated rings. The smallest absolute Gasteiger partial charge is 0.339 e. The molecule has 1 aromatic heterocycles. The van der Waals surface area contributed by atoms with Crippen molar-refractivity contribution < 1.29 is 28.2 Å². The Balaban J connectivity index is 2.24. The zero-order valence-electron chi connectivity index (χ0n) is 12.9. The highest BCUT2D eigenvalue weighted by atomic mass is 19.1. The van der Waals surface area contributed by atoms with Gasteiger partial charge in [-0.15, -0.1) is 0 Å². The maximum Gasteiger partial charge on any atom is 0.339 e. The van der Waals surface area contributed by atoms with E-state index in [-0.39, 0.29) is 29.2 Å². The second kappa shape index (κ2) is 6.51. The number of nitrogens with zero attached hydrogens (tertiary/aromatic N) is 1. The molecule has 23 heavy (non-hydrogen) atoms. The molecule has 1 amide bonds. The summed E-state index contributed by atoms with van der Waals surface area (Å²) in [4.78, 5) is 24.6. The number of aromatic carboxylic acids is 1. The summed E-state index contributed by atoms with van der Waals surface area (Å²) >= 11 is 0. The first kappa shape index (κ1) is 16.5. The molecule has 0 spiro atoms. The monoisotopic (exact) mass is 321 g/mol. The fourth-order valence-electron chi connectivity index (χ4n) is 2.21. The molecule has 6 nitrogen and oxygen atoms in total. The van der Waals surface area contributed by atoms with Gasteiger partial charge in [-0.3, -0.25) is 4.79 Å². The summed E-state index contributed by atoms with van der Waals surface area (Å²) in [6, 6.07) is 5.45. The minimum absolute atomic E-state index is 0.00441. The van der Waals surface area contributed by atoms with Crippen LogP contribution < -0.4 is 4.74 Å². The zero-order chi connectivity index (χ0) is 17.1. The van der Waals surface area contributed by atoms with Gasteiger partial charge < -0.3 is 19.2 Å². The lowest BCUT2D eigenvalue weighted by molar-refractivity contribution is 0.0693. The molecule has 0 saturated heterocycles. The van der Waals surface area contributed by atoms with Gasteiger partial charge in [0.15, 0.2) is 0 Å². The summed E-state index contributed by atoms with van der Waals surface area (Å²) in [6.07, 6.45) is 0. The third kappa shape index (κ3) is 3.33. The van der Waals surface area contributed by atoms with Crippen LogP contribution in [0.15, 0.2) is 28.7 Å². The molecule has 0 saturated carbocycles. The molecule has 0 radical (unpaired) electrons. The Kier molecular flexibility index (Phi) is 4.68. The van der Waals surface area contributed by atoms with Crippen LogP contribution in [-0.4, -0.2) is 36.0 Å². The van der Waals surface area contributed by atoms with Gasteiger partial charge in [-0.2, -0.15) is 0 Å². The van der Waals surface area contributed by atoms with E-state index >= 15 is 0 Å². The first-order valence-corrected chi connectivity index (χ1v) is 6.75. The van der Waals surface area contributed by atoms with Crippen molar-refractivity contribution in [3.8, 4) is 5.75 Å². The molecule has 2 rings (SSSR count). The largest absolute Gasteiger partial charge is 0.496 e. The highest BCUT2D eigenvalue weighted by Crippen LogP contribution is 2.24. The number of amides is 1. The number of carbonyl (C=O) groups is 2. The Labute approximate surface area is 132 Å². The number of halogens is 1. The number of furan rings is 1. The fourth-order valence-corrected chi connectivity index (χ4v) is 2.21. The summed E-state index contributed by atoms with van der Waals surface area (Å²) in [7, 11) is 2.81. The molecular weight excluding hydrogens is 305 g/mol. The number of hydrogen-bond acceptors (Lipinski definition) is 4. The van der Waals surface area contributed by atoms with Crippen LogP contribution in [-0.2, 0) is 6.54 Å². The second-order valence-electron chi connectivity index (χ2n) is 4.97. The molecule has 1 heterocycles. The van der Waals surface area contributed by atoms with Crippen molar-refractivity contribution in [1.82, 2.24) is 4.90 Å². The van der Waals surface area contributed by atoms with Crippen LogP contribution in [0.2, 0.25) is 0 Å². The van der Waals surface area contributed by atoms with Gasteiger partial charge in [0.25, 0.3) is 5.91 Å². The van der Waals surface area contributed by atoms with E-state index < -0.39 is 17.7 Å². The number of carboxylic acid groups (broad SMARTS) is 1. The quantitative estimate of drug-likeness (QED) is 0.916. The van der Waals surface area contributed by atoms with Gasteiger partial charge in [0.05, 0.1) is 13.7 Å². The summed E-state index contributed by atoms with van der Waals surface area (Å²) in [5, 5.41) is 9.00. The lowest BCUT2D eigenvalue weighted by Crippen LogP contribution is -2.27. The highest BCUT2D eigenvalue weighted by molar-refractivity contribution is 5.97. The fraction of sp³-hybridized carbons (Fsp3) is 0.250. The Bertz CT molecular complexity index is 753. The van der Waals surface area contributed by atoms with Gasteiger partial charge >= 0.3 is 5.97 Å². The first-order chi connectivity index (χ1) is 10.8. The highest BCUT2D eigenvalue weighted by Gasteiger charge is 2.23. The Morgan fingerprint density at radius 3 is 2.65 bits per heavy atom. The normalized spacial score (nSPS) is 10.4. The van der Waals surface area contributed by atoms with Gasteiger partial charge in [-0.05, 0) is 25.1 Å². The Morgan fingerprint density at radius 1 is 1.39 bits per heavy atom. The second-order valence-corrected chi connectivity index (χ2v) is 4.97. The molecule has 0 aliphatic rings. The maximum atomic E-state index is 13.9. The molecular formula is C16H16FNO5. The number of rotatable bonds is 5. The molecule has 0 atom stereocenters. The van der Waals surface area contributed by atoms with E-state index in [0.717, 1.165) is 0 Å². The third-order valence-electron chi connectivity index (χ3n) is 3.35. The molecule has 0 aliphatic carbocycles. The van der Waals surface area contributed by atoms with Crippen molar-refractivity contribution >= 4 is 11.9 Å². The van der Waals surface area contributed by atoms with E-state index in [1.54, 1.807) is 0 Å². The van der Waals surface area contributed by atoms with Gasteiger partial charge in [0, 0.05) is 7.05 Å². The lowest BCUT2D eigenvalue weighted by atomic mass is 10.1. The van der Waals surface area contributed by atoms with Crippen molar-refractivity contribution in [3.63, 3.8) is 0 Å². The van der Waals surface area contributed by atoms with Crippen LogP contribution in [0, 0.1) is 12.7 Å². The zero-order valence-corrected chi connectivity index (χ0v) is 12.9. The van der Waals surface area contributed by atoms with Crippen LogP contribution in [0.3, 0.4) is 0 Å². The van der Waals surface area contributed by atoms with Crippen LogP contribution in [0.1, 0.15) is 32.2 Å². The molecule has 122 valence electrons. The van der Waals surface area contributed by atoms with Gasteiger partial charge in [-0.1, -0.05) is 6.07 Å². The van der Waals surface area contributed by atoms with E-state index in [9.17, 15) is 14.0 Å². The van der Waals surface area contributed by atoms with Gasteiger partial charge in [0.1, 0.15) is 34.2 Å². The molecule has 0 aliphatic heterocycles. The standard InChI is InChI=1S/C16H16FNO5/c1-9-11(16(20)21)7-10(23-9)8-18(2)15(19)14-12(17)5-4-6-13(14)22-3/h4-7H,8H2,1-3H3,(H,20,21). The summed E-state index contributed by atoms with van der Waals surface area (Å²) < 4.78 is 24.3. The van der Waals surface area contributed by atoms with E-state index in [1.807, 2.05) is 0 Å². The Hall–Kier alpha value is -2.83. The van der Waals surface area contributed by atoms with Crippen molar-refractivity contribution in [2.75, 3.05) is 14.2 Å². The topological polar surface area (TPSA) is 80.0 Å². The summed E-state index contributed by atoms with van der Waals surface area (Å²) in [5.41, 5.74) is -0.149. The van der Waals surface area contributed by atoms with Crippen molar-refractivity contribution in [3.05, 3.63) is 52.7 Å². The van der Waals surface area contributed by atoms with Crippen LogP contribution in [0.4, 0.5) is 4.39 Å². The van der Waals surface area contributed by atoms with Crippen LogP contribution in [0.5, 0.6) is 5.75 Å². The van der Waals surface area contributed by atoms with Gasteiger partial charge in [-0.25, -0.2) is 9.18 Å². The molecule has 0 unspecified atom stereocenters. The van der Waals surface area contributed by atoms with Gasteiger partial charge in [0.2, 0.25) is 0 Å². The van der Waals surface area contributed by atoms with Crippen molar-refractivity contribution in [2.45, 2.75) is 13.5 Å². The SMILES string of the molecule is COc1cccc(F)c1C(=O)N(C)Cc1cc(C(=O)O)c(C)o1. The van der Waals surface area contributed by atoms with E-state index in [1.165, 1.54) is 50.2 Å². The summed E-state index contributed by atoms with van der Waals surface area (Å²) in [5.74, 6) is -1.72. The summed E-state index contributed by atoms with van der Waals surface area (Å²) in [6.45, 7) is 1.53. The lowest BCUT2D eigenvalue weighted by Gasteiger charge is -2.17. The average molecular weight is 321 g/mol. The maximum absolute atomic E-state index is 13.9. The van der Waals surface area contributed by atoms with Crippen molar-refractivity contribution in [2.24, 2.45) is 0 Å². The van der Waals surface area contributed by atoms with Crippen LogP contribution in [0.25, 0.3) is 0 Å². The van der Waals surface area contributed by atoms with E-state index in [4.69, 9.17) is 14.3 Å². The number of aryl methyl sites for hydroxylation is 1. The minimum Gasteiger partial charge on any atom is -0.496 e. The molecule has 7 heteroatoms. The number of methoxy groups -OCH3 is 1. The number of ether oxygens (including phenoxy) is 1. The predicted molar refractivity (Wildman–Crippen MR) is 79.2 cm³/mol. The number of hydrogen-bond donors (Lipinski definition) is 1. The molecule has 1 N–H and O–H groups in total. The van der Waals surface area contributed by atoms with Crippen LogP contribution >= 0.6 is 0 Å². The Morgan fingerprint density at radius 2 is 2.09 bits per heavy atom. The minimum atomic E-state index is -1.11.